The number of benzene rings is 7. The lowest BCUT2D eigenvalue weighted by Crippen LogP contribution is -2.44. The zero-order valence-corrected chi connectivity index (χ0v) is 28.8. The molecule has 7 aromatic carbocycles. The SMILES string of the molecule is C1=CB2C3C(=Nc4c3cccc4-n3c4ccccc4c4cc(-n5c6ccccc6c6ccccc65)ccc43)c3ccccc3-c3ccccc3N2C=C1. The van der Waals surface area contributed by atoms with Gasteiger partial charge in [-0.25, -0.2) is 0 Å². The lowest BCUT2D eigenvalue weighted by molar-refractivity contribution is 1.15. The molecule has 246 valence electrons. The summed E-state index contributed by atoms with van der Waals surface area (Å²) < 4.78 is 4.85. The number of anilines is 1. The Bertz CT molecular complexity index is 3050. The van der Waals surface area contributed by atoms with Gasteiger partial charge in [0.05, 0.1) is 39.2 Å². The summed E-state index contributed by atoms with van der Waals surface area (Å²) in [4.78, 5) is 8.13. The van der Waals surface area contributed by atoms with Crippen molar-refractivity contribution in [3.05, 3.63) is 193 Å². The Hall–Kier alpha value is -6.85. The summed E-state index contributed by atoms with van der Waals surface area (Å²) in [5, 5.41) is 4.99. The van der Waals surface area contributed by atoms with Crippen LogP contribution in [-0.2, 0) is 0 Å². The Morgan fingerprint density at radius 1 is 0.472 bits per heavy atom. The molecule has 9 aromatic rings. The molecule has 53 heavy (non-hydrogen) atoms. The molecule has 0 saturated carbocycles. The number of para-hydroxylation sites is 5. The minimum absolute atomic E-state index is 0.0515. The smallest absolute Gasteiger partial charge is 0.299 e. The topological polar surface area (TPSA) is 25.5 Å². The predicted molar refractivity (Wildman–Crippen MR) is 222 cm³/mol. The Morgan fingerprint density at radius 2 is 1.08 bits per heavy atom. The molecule has 0 amide bonds. The van der Waals surface area contributed by atoms with E-state index in [0.29, 0.717) is 0 Å². The maximum Gasteiger partial charge on any atom is 0.299 e. The molecule has 0 fully saturated rings. The number of hydrogen-bond donors (Lipinski definition) is 0. The molecular weight excluding hydrogens is 643 g/mol. The van der Waals surface area contributed by atoms with Crippen molar-refractivity contribution in [2.75, 3.05) is 4.81 Å². The van der Waals surface area contributed by atoms with E-state index in [1.807, 2.05) is 0 Å². The number of aliphatic imine (C=N–C) groups is 1. The third-order valence-corrected chi connectivity index (χ3v) is 11.6. The summed E-state index contributed by atoms with van der Waals surface area (Å²) in [6, 6.07) is 57.6. The Balaban J connectivity index is 1.11. The molecule has 5 heteroatoms. The zero-order valence-electron chi connectivity index (χ0n) is 28.8. The highest BCUT2D eigenvalue weighted by atomic mass is 15.1. The quantitative estimate of drug-likeness (QED) is 0.168. The second-order valence-corrected chi connectivity index (χ2v) is 14.3. The van der Waals surface area contributed by atoms with Crippen LogP contribution in [0.4, 0.5) is 11.4 Å². The molecule has 3 aliphatic rings. The summed E-state index contributed by atoms with van der Waals surface area (Å²) in [6.07, 6.45) is 6.58. The van der Waals surface area contributed by atoms with E-state index in [9.17, 15) is 0 Å². The van der Waals surface area contributed by atoms with Crippen LogP contribution in [-0.4, -0.2) is 21.7 Å². The number of nitrogens with zero attached hydrogens (tertiary/aromatic N) is 4. The lowest BCUT2D eigenvalue weighted by Gasteiger charge is -2.36. The van der Waals surface area contributed by atoms with Gasteiger partial charge in [-0.2, -0.15) is 0 Å². The molecule has 0 radical (unpaired) electrons. The fourth-order valence-corrected chi connectivity index (χ4v) is 9.47. The average Bonchev–Trinajstić information content (AvgIpc) is 3.88. The van der Waals surface area contributed by atoms with Crippen LogP contribution in [0.3, 0.4) is 0 Å². The van der Waals surface area contributed by atoms with Gasteiger partial charge in [0.1, 0.15) is 0 Å². The first-order valence-corrected chi connectivity index (χ1v) is 18.4. The Labute approximate surface area is 307 Å². The zero-order chi connectivity index (χ0) is 34.6. The second kappa shape index (κ2) is 10.8. The van der Waals surface area contributed by atoms with Gasteiger partial charge in [0, 0.05) is 49.9 Å². The van der Waals surface area contributed by atoms with Crippen LogP contribution >= 0.6 is 0 Å². The molecule has 1 atom stereocenters. The molecule has 3 aliphatic heterocycles. The van der Waals surface area contributed by atoms with Crippen molar-refractivity contribution in [3.8, 4) is 22.5 Å². The fraction of sp³-hybridized carbons (Fsp3) is 0.0208. The van der Waals surface area contributed by atoms with Gasteiger partial charge >= 0.3 is 0 Å². The summed E-state index contributed by atoms with van der Waals surface area (Å²) in [7, 11) is 0. The summed E-state index contributed by atoms with van der Waals surface area (Å²) >= 11 is 0. The van der Waals surface area contributed by atoms with Crippen molar-refractivity contribution in [3.63, 3.8) is 0 Å². The number of rotatable bonds is 2. The van der Waals surface area contributed by atoms with E-state index in [4.69, 9.17) is 4.99 Å². The van der Waals surface area contributed by atoms with Crippen molar-refractivity contribution in [1.82, 2.24) is 9.13 Å². The third-order valence-electron chi connectivity index (χ3n) is 11.6. The van der Waals surface area contributed by atoms with Gasteiger partial charge in [-0.1, -0.05) is 121 Å². The summed E-state index contributed by atoms with van der Waals surface area (Å²) in [6.45, 7) is 0.0803. The second-order valence-electron chi connectivity index (χ2n) is 14.3. The van der Waals surface area contributed by atoms with E-state index in [1.54, 1.807) is 0 Å². The molecule has 12 rings (SSSR count). The van der Waals surface area contributed by atoms with Gasteiger partial charge in [-0.3, -0.25) is 4.99 Å². The number of allylic oxidation sites excluding steroid dienone is 2. The number of hydrogen-bond acceptors (Lipinski definition) is 2. The van der Waals surface area contributed by atoms with Crippen molar-refractivity contribution in [1.29, 1.82) is 0 Å². The first-order valence-electron chi connectivity index (χ1n) is 18.4. The van der Waals surface area contributed by atoms with E-state index >= 15 is 0 Å². The Kier molecular flexibility index (Phi) is 5.89. The van der Waals surface area contributed by atoms with E-state index in [1.165, 1.54) is 71.6 Å². The maximum atomic E-state index is 5.68. The molecule has 0 bridgehead atoms. The van der Waals surface area contributed by atoms with Gasteiger partial charge < -0.3 is 13.9 Å². The van der Waals surface area contributed by atoms with Crippen LogP contribution in [0.2, 0.25) is 0 Å². The summed E-state index contributed by atoms with van der Waals surface area (Å²) in [5.41, 5.74) is 15.3. The summed E-state index contributed by atoms with van der Waals surface area (Å²) in [5.74, 6) is 2.40. The molecular formula is C48H31BN4. The normalized spacial score (nSPS) is 15.6. The first-order chi connectivity index (χ1) is 26.3. The van der Waals surface area contributed by atoms with E-state index in [-0.39, 0.29) is 12.7 Å². The molecule has 0 N–H and O–H groups in total. The van der Waals surface area contributed by atoms with Gasteiger partial charge in [0.2, 0.25) is 0 Å². The average molecular weight is 675 g/mol. The van der Waals surface area contributed by atoms with Crippen molar-refractivity contribution in [2.45, 2.75) is 5.82 Å². The van der Waals surface area contributed by atoms with E-state index in [0.717, 1.165) is 22.8 Å². The van der Waals surface area contributed by atoms with Gasteiger partial charge in [-0.05, 0) is 71.9 Å². The monoisotopic (exact) mass is 674 g/mol. The number of aromatic nitrogens is 2. The van der Waals surface area contributed by atoms with Crippen LogP contribution < -0.4 is 4.81 Å². The molecule has 0 spiro atoms. The molecule has 5 heterocycles. The Morgan fingerprint density at radius 3 is 1.85 bits per heavy atom. The molecule has 0 saturated heterocycles. The van der Waals surface area contributed by atoms with Crippen molar-refractivity contribution in [2.24, 2.45) is 4.99 Å². The highest BCUT2D eigenvalue weighted by molar-refractivity contribution is 6.75. The predicted octanol–water partition coefficient (Wildman–Crippen LogP) is 11.7. The minimum atomic E-state index is 0.0515. The molecule has 0 aliphatic carbocycles. The van der Waals surface area contributed by atoms with E-state index < -0.39 is 0 Å². The first kappa shape index (κ1) is 28.8. The van der Waals surface area contributed by atoms with E-state index in [2.05, 4.69) is 196 Å². The molecule has 2 aromatic heterocycles. The van der Waals surface area contributed by atoms with Gasteiger partial charge in [0.15, 0.2) is 0 Å². The maximum absolute atomic E-state index is 5.68. The molecule has 1 unspecified atom stereocenters. The van der Waals surface area contributed by atoms with Crippen LogP contribution in [0.1, 0.15) is 16.9 Å². The van der Waals surface area contributed by atoms with Crippen molar-refractivity contribution < 1.29 is 0 Å². The standard InChI is InChI=1S/C48H31BN4/c1-2-19-37-32(14-1)33-15-3-7-21-40(33)51-29-12-11-28-49(51)46-38-20-13-25-45(47(38)50-48(37)46)53-43-24-10-6-18-36(43)39-30-31(26-27-44(39)53)52-41-22-8-4-16-34(41)35-17-5-9-23-42(35)52/h1-30,46H. The largest absolute Gasteiger partial charge is 0.386 e. The van der Waals surface area contributed by atoms with Crippen LogP contribution in [0.15, 0.2) is 187 Å². The number of fused-ring (bicyclic) bond motifs is 16. The van der Waals surface area contributed by atoms with Crippen molar-refractivity contribution >= 4 is 67.5 Å². The van der Waals surface area contributed by atoms with Crippen LogP contribution in [0, 0.1) is 0 Å². The van der Waals surface area contributed by atoms with Gasteiger partial charge in [0.25, 0.3) is 6.85 Å². The van der Waals surface area contributed by atoms with Gasteiger partial charge in [-0.15, -0.1) is 0 Å². The highest BCUT2D eigenvalue weighted by Gasteiger charge is 2.43. The molecule has 4 nitrogen and oxygen atoms in total. The fourth-order valence-electron chi connectivity index (χ4n) is 9.47. The minimum Gasteiger partial charge on any atom is -0.386 e. The van der Waals surface area contributed by atoms with Crippen LogP contribution in [0.5, 0.6) is 0 Å². The van der Waals surface area contributed by atoms with Crippen LogP contribution in [0.25, 0.3) is 66.1 Å². The lowest BCUT2D eigenvalue weighted by atomic mass is 9.45. The highest BCUT2D eigenvalue weighted by Crippen LogP contribution is 2.50. The third kappa shape index (κ3) is 3.94.